The number of nitrogens with zero attached hydrogens (tertiary/aromatic N) is 1. The summed E-state index contributed by atoms with van der Waals surface area (Å²) in [7, 11) is 0. The first-order valence-corrected chi connectivity index (χ1v) is 5.21. The lowest BCUT2D eigenvalue weighted by molar-refractivity contribution is 0.630. The molecular weight excluding hydrogens is 252 g/mol. The van der Waals surface area contributed by atoms with E-state index in [4.69, 9.17) is 29.0 Å². The summed E-state index contributed by atoms with van der Waals surface area (Å²) in [4.78, 5) is 4.22. The number of nitrogen functional groups attached to an aromatic ring is 1. The molecule has 0 aliphatic rings. The third-order valence-corrected chi connectivity index (χ3v) is 2.85. The number of aromatic nitrogens is 1. The second kappa shape index (κ2) is 4.05. The van der Waals surface area contributed by atoms with Crippen molar-refractivity contribution in [3.8, 4) is 0 Å². The Kier molecular flexibility index (Phi) is 2.88. The van der Waals surface area contributed by atoms with Gasteiger partial charge >= 0.3 is 0 Å². The zero-order valence-electron chi connectivity index (χ0n) is 8.31. The highest BCUT2D eigenvalue weighted by Gasteiger charge is 2.14. The van der Waals surface area contributed by atoms with Crippen molar-refractivity contribution >= 4 is 39.8 Å². The molecule has 2 aromatic rings. The molecule has 16 heavy (non-hydrogen) atoms. The van der Waals surface area contributed by atoms with Crippen molar-refractivity contribution in [1.29, 1.82) is 0 Å². The van der Waals surface area contributed by atoms with Crippen LogP contribution in [0.4, 0.5) is 10.1 Å². The summed E-state index contributed by atoms with van der Waals surface area (Å²) < 4.78 is 13.5. The predicted octanol–water partition coefficient (Wildman–Crippen LogP) is 3.27. The Bertz CT molecular complexity index is 572. The fourth-order valence-electron chi connectivity index (χ4n) is 1.54. The summed E-state index contributed by atoms with van der Waals surface area (Å²) in [5.74, 6) is 4.68. The van der Waals surface area contributed by atoms with E-state index in [0.29, 0.717) is 16.6 Å². The standard InChI is InChI=1S/C10H8Cl2FN3/c1-4-2-7(16-14)8-6(15-4)3-5(11)10(13)9(8)12/h2-3H,14H2,1H3,(H,15,16). The van der Waals surface area contributed by atoms with E-state index in [0.717, 1.165) is 5.69 Å². The molecule has 0 fully saturated rings. The first-order chi connectivity index (χ1) is 7.54. The minimum Gasteiger partial charge on any atom is -0.323 e. The Labute approximate surface area is 101 Å². The Balaban J connectivity index is 2.95. The van der Waals surface area contributed by atoms with E-state index in [1.165, 1.54) is 6.07 Å². The van der Waals surface area contributed by atoms with E-state index in [2.05, 4.69) is 10.4 Å². The van der Waals surface area contributed by atoms with Crippen LogP contribution in [-0.4, -0.2) is 4.98 Å². The van der Waals surface area contributed by atoms with E-state index < -0.39 is 5.82 Å². The molecule has 84 valence electrons. The summed E-state index contributed by atoms with van der Waals surface area (Å²) >= 11 is 11.6. The number of aryl methyl sites for hydroxylation is 1. The monoisotopic (exact) mass is 259 g/mol. The maximum Gasteiger partial charge on any atom is 0.161 e. The minimum absolute atomic E-state index is 0.0569. The zero-order chi connectivity index (χ0) is 11.9. The molecule has 1 aromatic heterocycles. The number of anilines is 1. The summed E-state index contributed by atoms with van der Waals surface area (Å²) in [6, 6.07) is 3.10. The molecule has 1 aromatic carbocycles. The van der Waals surface area contributed by atoms with Gasteiger partial charge in [0.05, 0.1) is 21.2 Å². The van der Waals surface area contributed by atoms with Gasteiger partial charge in [0.2, 0.25) is 0 Å². The number of rotatable bonds is 1. The van der Waals surface area contributed by atoms with Crippen molar-refractivity contribution in [3.05, 3.63) is 33.7 Å². The number of pyridine rings is 1. The van der Waals surface area contributed by atoms with Gasteiger partial charge in [0.25, 0.3) is 0 Å². The van der Waals surface area contributed by atoms with E-state index in [-0.39, 0.29) is 10.0 Å². The maximum absolute atomic E-state index is 13.5. The Morgan fingerprint density at radius 3 is 2.69 bits per heavy atom. The van der Waals surface area contributed by atoms with Crippen molar-refractivity contribution in [3.63, 3.8) is 0 Å². The Morgan fingerprint density at radius 2 is 2.06 bits per heavy atom. The molecule has 0 unspecified atom stereocenters. The number of nitrogens with two attached hydrogens (primary N) is 1. The maximum atomic E-state index is 13.5. The highest BCUT2D eigenvalue weighted by Crippen LogP contribution is 2.35. The van der Waals surface area contributed by atoms with E-state index >= 15 is 0 Å². The smallest absolute Gasteiger partial charge is 0.161 e. The van der Waals surface area contributed by atoms with Crippen LogP contribution in [-0.2, 0) is 0 Å². The summed E-state index contributed by atoms with van der Waals surface area (Å²) in [6.07, 6.45) is 0. The number of nitrogens with one attached hydrogen (secondary N) is 1. The number of benzene rings is 1. The molecule has 0 aliphatic carbocycles. The van der Waals surface area contributed by atoms with Crippen LogP contribution in [0.1, 0.15) is 5.69 Å². The van der Waals surface area contributed by atoms with Crippen LogP contribution in [0.5, 0.6) is 0 Å². The highest BCUT2D eigenvalue weighted by atomic mass is 35.5. The van der Waals surface area contributed by atoms with Gasteiger partial charge in [-0.15, -0.1) is 0 Å². The number of halogens is 3. The van der Waals surface area contributed by atoms with E-state index in [1.807, 2.05) is 0 Å². The van der Waals surface area contributed by atoms with Crippen molar-refractivity contribution in [2.75, 3.05) is 5.43 Å². The van der Waals surface area contributed by atoms with Crippen LogP contribution in [0.3, 0.4) is 0 Å². The molecule has 0 radical (unpaired) electrons. The number of hydrogen-bond acceptors (Lipinski definition) is 3. The van der Waals surface area contributed by atoms with Crippen LogP contribution < -0.4 is 11.3 Å². The summed E-state index contributed by atoms with van der Waals surface area (Å²) in [6.45, 7) is 1.80. The molecule has 6 heteroatoms. The van der Waals surface area contributed by atoms with Gasteiger partial charge in [0, 0.05) is 11.1 Å². The topological polar surface area (TPSA) is 50.9 Å². The van der Waals surface area contributed by atoms with Gasteiger partial charge in [0.15, 0.2) is 5.82 Å². The molecule has 0 aliphatic heterocycles. The molecular formula is C10H8Cl2FN3. The van der Waals surface area contributed by atoms with Gasteiger partial charge in [0.1, 0.15) is 0 Å². The summed E-state index contributed by atoms with van der Waals surface area (Å²) in [5.41, 5.74) is 4.22. The second-order valence-corrected chi connectivity index (χ2v) is 4.12. The average molecular weight is 260 g/mol. The molecule has 0 saturated heterocycles. The van der Waals surface area contributed by atoms with Crippen LogP contribution in [0.2, 0.25) is 10.0 Å². The minimum atomic E-state index is -0.669. The average Bonchev–Trinajstić information content (AvgIpc) is 2.24. The Morgan fingerprint density at radius 1 is 1.38 bits per heavy atom. The van der Waals surface area contributed by atoms with Gasteiger partial charge in [-0.25, -0.2) is 4.39 Å². The lowest BCUT2D eigenvalue weighted by Gasteiger charge is -2.09. The SMILES string of the molecule is Cc1cc(NN)c2c(Cl)c(F)c(Cl)cc2n1. The molecule has 1 heterocycles. The van der Waals surface area contributed by atoms with Crippen molar-refractivity contribution in [1.82, 2.24) is 4.98 Å². The largest absolute Gasteiger partial charge is 0.323 e. The molecule has 0 bridgehead atoms. The fourth-order valence-corrected chi connectivity index (χ4v) is 2.09. The first-order valence-electron chi connectivity index (χ1n) is 4.46. The van der Waals surface area contributed by atoms with E-state index in [1.54, 1.807) is 13.0 Å². The van der Waals surface area contributed by atoms with Crippen molar-refractivity contribution in [2.24, 2.45) is 5.84 Å². The van der Waals surface area contributed by atoms with Crippen molar-refractivity contribution < 1.29 is 4.39 Å². The van der Waals surface area contributed by atoms with Crippen LogP contribution >= 0.6 is 23.2 Å². The van der Waals surface area contributed by atoms with Gasteiger partial charge in [-0.1, -0.05) is 23.2 Å². The second-order valence-electron chi connectivity index (χ2n) is 3.34. The molecule has 0 spiro atoms. The number of fused-ring (bicyclic) bond motifs is 1. The van der Waals surface area contributed by atoms with Crippen LogP contribution in [0.25, 0.3) is 10.9 Å². The molecule has 3 N–H and O–H groups in total. The summed E-state index contributed by atoms with van der Waals surface area (Å²) in [5, 5.41) is 0.290. The number of hydrogen-bond donors (Lipinski definition) is 2. The zero-order valence-corrected chi connectivity index (χ0v) is 9.83. The molecule has 0 saturated carbocycles. The van der Waals surface area contributed by atoms with Gasteiger partial charge in [-0.2, -0.15) is 0 Å². The predicted molar refractivity (Wildman–Crippen MR) is 64.3 cm³/mol. The Hall–Kier alpha value is -1.10. The first kappa shape index (κ1) is 11.4. The highest BCUT2D eigenvalue weighted by molar-refractivity contribution is 6.39. The van der Waals surface area contributed by atoms with Gasteiger partial charge in [-0.3, -0.25) is 10.8 Å². The normalized spacial score (nSPS) is 10.8. The molecule has 0 atom stereocenters. The van der Waals surface area contributed by atoms with Gasteiger partial charge < -0.3 is 5.43 Å². The third kappa shape index (κ3) is 1.69. The van der Waals surface area contributed by atoms with Crippen molar-refractivity contribution in [2.45, 2.75) is 6.92 Å². The molecule has 2 rings (SSSR count). The third-order valence-electron chi connectivity index (χ3n) is 2.22. The lowest BCUT2D eigenvalue weighted by atomic mass is 10.1. The number of hydrazine groups is 1. The molecule has 3 nitrogen and oxygen atoms in total. The van der Waals surface area contributed by atoms with E-state index in [9.17, 15) is 4.39 Å². The molecule has 0 amide bonds. The van der Waals surface area contributed by atoms with Crippen LogP contribution in [0, 0.1) is 12.7 Å². The lowest BCUT2D eigenvalue weighted by Crippen LogP contribution is -2.08. The fraction of sp³-hybridized carbons (Fsp3) is 0.100. The van der Waals surface area contributed by atoms with Crippen LogP contribution in [0.15, 0.2) is 12.1 Å². The van der Waals surface area contributed by atoms with Gasteiger partial charge in [-0.05, 0) is 19.1 Å². The quantitative estimate of drug-likeness (QED) is 0.470.